The molecule has 1 aliphatic rings. The van der Waals surface area contributed by atoms with Crippen LogP contribution in [0.25, 0.3) is 0 Å². The first kappa shape index (κ1) is 13.6. The lowest BCUT2D eigenvalue weighted by molar-refractivity contribution is 0.372. The van der Waals surface area contributed by atoms with Gasteiger partial charge in [-0.25, -0.2) is 0 Å². The lowest BCUT2D eigenvalue weighted by atomic mass is 9.96. The van der Waals surface area contributed by atoms with E-state index in [0.717, 1.165) is 12.5 Å². The van der Waals surface area contributed by atoms with Crippen molar-refractivity contribution in [3.63, 3.8) is 0 Å². The number of rotatable bonds is 5. The Labute approximate surface area is 117 Å². The lowest BCUT2D eigenvalue weighted by Crippen LogP contribution is -2.27. The molecule has 1 heterocycles. The maximum absolute atomic E-state index is 3.76. The molecule has 1 fully saturated rings. The van der Waals surface area contributed by atoms with Crippen LogP contribution in [0.5, 0.6) is 0 Å². The van der Waals surface area contributed by atoms with Gasteiger partial charge in [-0.2, -0.15) is 0 Å². The first-order valence-electron chi connectivity index (χ1n) is 6.71. The molecule has 1 unspecified atom stereocenters. The van der Waals surface area contributed by atoms with Gasteiger partial charge in [0.2, 0.25) is 0 Å². The van der Waals surface area contributed by atoms with Crippen molar-refractivity contribution in [1.29, 1.82) is 0 Å². The molecule has 1 aromatic rings. The molecule has 0 radical (unpaired) electrons. The zero-order chi connectivity index (χ0) is 12.3. The second-order valence-corrected chi connectivity index (χ2v) is 7.19. The van der Waals surface area contributed by atoms with Gasteiger partial charge in [0.05, 0.1) is 0 Å². The van der Waals surface area contributed by atoms with Gasteiger partial charge in [0.25, 0.3) is 0 Å². The summed E-state index contributed by atoms with van der Waals surface area (Å²) in [7, 11) is 0. The van der Waals surface area contributed by atoms with Gasteiger partial charge in [0.15, 0.2) is 0 Å². The Morgan fingerprint density at radius 3 is 2.71 bits per heavy atom. The molecule has 1 saturated carbocycles. The number of hydrogen-bond acceptors (Lipinski definition) is 2. The van der Waals surface area contributed by atoms with Crippen molar-refractivity contribution < 1.29 is 0 Å². The quantitative estimate of drug-likeness (QED) is 0.801. The summed E-state index contributed by atoms with van der Waals surface area (Å²) in [5.41, 5.74) is 0. The highest BCUT2D eigenvalue weighted by molar-refractivity contribution is 9.10. The van der Waals surface area contributed by atoms with Gasteiger partial charge in [0.1, 0.15) is 0 Å². The number of aryl methyl sites for hydroxylation is 1. The van der Waals surface area contributed by atoms with Crippen LogP contribution >= 0.6 is 27.3 Å². The molecule has 2 rings (SSSR count). The van der Waals surface area contributed by atoms with Crippen LogP contribution in [0.4, 0.5) is 0 Å². The molecular weight excluding hydrogens is 294 g/mol. The first-order valence-corrected chi connectivity index (χ1v) is 8.32. The van der Waals surface area contributed by atoms with E-state index >= 15 is 0 Å². The fourth-order valence-corrected chi connectivity index (χ4v) is 4.84. The molecule has 3 heteroatoms. The van der Waals surface area contributed by atoms with E-state index in [1.54, 1.807) is 0 Å². The fraction of sp³-hybridized carbons (Fsp3) is 0.714. The van der Waals surface area contributed by atoms with Crippen molar-refractivity contribution >= 4 is 27.3 Å². The average molecular weight is 316 g/mol. The average Bonchev–Trinajstić information content (AvgIpc) is 2.90. The molecule has 0 amide bonds. The van der Waals surface area contributed by atoms with Crippen LogP contribution in [0.3, 0.4) is 0 Å². The molecule has 17 heavy (non-hydrogen) atoms. The third-order valence-corrected chi connectivity index (χ3v) is 5.66. The van der Waals surface area contributed by atoms with E-state index in [1.807, 2.05) is 11.3 Å². The number of thiophene rings is 1. The van der Waals surface area contributed by atoms with Crippen LogP contribution in [0.15, 0.2) is 10.5 Å². The Bertz CT molecular complexity index is 355. The van der Waals surface area contributed by atoms with E-state index in [4.69, 9.17) is 0 Å². The summed E-state index contributed by atoms with van der Waals surface area (Å²) in [4.78, 5) is 2.93. The third-order valence-electron chi connectivity index (χ3n) is 3.60. The minimum absolute atomic E-state index is 0.575. The highest BCUT2D eigenvalue weighted by atomic mass is 79.9. The monoisotopic (exact) mass is 315 g/mol. The second-order valence-electron chi connectivity index (χ2n) is 5.05. The van der Waals surface area contributed by atoms with Crippen molar-refractivity contribution in [2.24, 2.45) is 5.92 Å². The highest BCUT2D eigenvalue weighted by Crippen LogP contribution is 2.41. The van der Waals surface area contributed by atoms with Crippen molar-refractivity contribution in [1.82, 2.24) is 5.32 Å². The van der Waals surface area contributed by atoms with Gasteiger partial charge in [0, 0.05) is 20.3 Å². The Kier molecular flexibility index (Phi) is 5.07. The van der Waals surface area contributed by atoms with E-state index in [2.05, 4.69) is 41.2 Å². The molecule has 0 aromatic carbocycles. The maximum atomic E-state index is 3.76. The summed E-state index contributed by atoms with van der Waals surface area (Å²) in [6.45, 7) is 5.57. The minimum atomic E-state index is 0.575. The SMILES string of the molecule is CCCNC(c1sc(C)cc1Br)C1CCCC1. The Hall–Kier alpha value is 0.140. The summed E-state index contributed by atoms with van der Waals surface area (Å²) in [6.07, 6.45) is 6.83. The highest BCUT2D eigenvalue weighted by Gasteiger charge is 2.28. The van der Waals surface area contributed by atoms with Gasteiger partial charge in [-0.05, 0) is 60.6 Å². The minimum Gasteiger partial charge on any atom is -0.309 e. The van der Waals surface area contributed by atoms with Crippen molar-refractivity contribution in [3.05, 3.63) is 20.3 Å². The zero-order valence-corrected chi connectivity index (χ0v) is 13.2. The largest absolute Gasteiger partial charge is 0.309 e. The fourth-order valence-electron chi connectivity index (χ4n) is 2.78. The predicted octanol–water partition coefficient (Wildman–Crippen LogP) is 5.05. The van der Waals surface area contributed by atoms with E-state index in [1.165, 1.54) is 46.3 Å². The molecule has 0 saturated heterocycles. The van der Waals surface area contributed by atoms with Crippen LogP contribution in [0.2, 0.25) is 0 Å². The first-order chi connectivity index (χ1) is 8.22. The van der Waals surface area contributed by atoms with Crippen LogP contribution in [-0.4, -0.2) is 6.54 Å². The lowest BCUT2D eigenvalue weighted by Gasteiger charge is -2.24. The molecule has 0 aliphatic heterocycles. The van der Waals surface area contributed by atoms with E-state index in [-0.39, 0.29) is 0 Å². The zero-order valence-electron chi connectivity index (χ0n) is 10.8. The van der Waals surface area contributed by atoms with Crippen LogP contribution < -0.4 is 5.32 Å². The molecule has 1 N–H and O–H groups in total. The van der Waals surface area contributed by atoms with E-state index < -0.39 is 0 Å². The van der Waals surface area contributed by atoms with Gasteiger partial charge >= 0.3 is 0 Å². The molecule has 1 aromatic heterocycles. The molecule has 96 valence electrons. The summed E-state index contributed by atoms with van der Waals surface area (Å²) < 4.78 is 1.31. The van der Waals surface area contributed by atoms with Gasteiger partial charge < -0.3 is 5.32 Å². The van der Waals surface area contributed by atoms with Gasteiger partial charge in [-0.15, -0.1) is 11.3 Å². The van der Waals surface area contributed by atoms with Crippen LogP contribution in [0.1, 0.15) is 54.8 Å². The standard InChI is InChI=1S/C14H22BrNS/c1-3-8-16-13(11-6-4-5-7-11)14-12(15)9-10(2)17-14/h9,11,13,16H,3-8H2,1-2H3. The van der Waals surface area contributed by atoms with Gasteiger partial charge in [-0.3, -0.25) is 0 Å². The summed E-state index contributed by atoms with van der Waals surface area (Å²) in [6, 6.07) is 2.83. The van der Waals surface area contributed by atoms with E-state index in [9.17, 15) is 0 Å². The topological polar surface area (TPSA) is 12.0 Å². The summed E-state index contributed by atoms with van der Waals surface area (Å²) >= 11 is 5.68. The molecule has 0 bridgehead atoms. The van der Waals surface area contributed by atoms with Crippen molar-refractivity contribution in [2.45, 2.75) is 52.0 Å². The third kappa shape index (κ3) is 3.33. The van der Waals surface area contributed by atoms with Crippen LogP contribution in [-0.2, 0) is 0 Å². The molecule has 1 aliphatic carbocycles. The Morgan fingerprint density at radius 2 is 2.18 bits per heavy atom. The number of halogens is 1. The van der Waals surface area contributed by atoms with Crippen molar-refractivity contribution in [2.75, 3.05) is 6.54 Å². The molecule has 1 atom stereocenters. The van der Waals surface area contributed by atoms with Crippen LogP contribution in [0, 0.1) is 12.8 Å². The maximum Gasteiger partial charge on any atom is 0.0454 e. The molecular formula is C14H22BrNS. The summed E-state index contributed by atoms with van der Waals surface area (Å²) in [5, 5.41) is 3.76. The smallest absolute Gasteiger partial charge is 0.0454 e. The summed E-state index contributed by atoms with van der Waals surface area (Å²) in [5.74, 6) is 0.843. The predicted molar refractivity (Wildman–Crippen MR) is 79.7 cm³/mol. The normalized spacial score (nSPS) is 18.8. The van der Waals surface area contributed by atoms with Gasteiger partial charge in [-0.1, -0.05) is 19.8 Å². The number of hydrogen-bond donors (Lipinski definition) is 1. The number of nitrogens with one attached hydrogen (secondary N) is 1. The van der Waals surface area contributed by atoms with Crippen molar-refractivity contribution in [3.8, 4) is 0 Å². The Morgan fingerprint density at radius 1 is 1.47 bits per heavy atom. The Balaban J connectivity index is 2.16. The molecule has 1 nitrogen and oxygen atoms in total. The second kappa shape index (κ2) is 6.35. The molecule has 0 spiro atoms. The van der Waals surface area contributed by atoms with E-state index in [0.29, 0.717) is 6.04 Å².